The van der Waals surface area contributed by atoms with Gasteiger partial charge in [0.1, 0.15) is 17.2 Å². The molecule has 0 aliphatic carbocycles. The van der Waals surface area contributed by atoms with Crippen LogP contribution in [-0.2, 0) is 12.7 Å². The molecule has 2 heterocycles. The van der Waals surface area contributed by atoms with E-state index in [9.17, 15) is 27.9 Å². The summed E-state index contributed by atoms with van der Waals surface area (Å²) in [6, 6.07) is 11.4. The molecular formula is C27H22ClF3N4O4. The van der Waals surface area contributed by atoms with E-state index in [1.165, 1.54) is 58.4 Å². The topological polar surface area (TPSA) is 97.6 Å². The maximum Gasteiger partial charge on any atom is 0.419 e. The van der Waals surface area contributed by atoms with Gasteiger partial charge in [-0.1, -0.05) is 17.7 Å². The van der Waals surface area contributed by atoms with Gasteiger partial charge in [0.05, 0.1) is 28.4 Å². The van der Waals surface area contributed by atoms with Crippen molar-refractivity contribution in [3.8, 4) is 11.5 Å². The number of carbonyl (C=O) groups excluding carboxylic acids is 1. The van der Waals surface area contributed by atoms with Crippen LogP contribution in [0.25, 0.3) is 0 Å². The van der Waals surface area contributed by atoms with Crippen molar-refractivity contribution in [2.24, 2.45) is 0 Å². The van der Waals surface area contributed by atoms with Crippen molar-refractivity contribution in [3.05, 3.63) is 101 Å². The van der Waals surface area contributed by atoms with Crippen LogP contribution < -0.4 is 9.64 Å². The van der Waals surface area contributed by atoms with Crippen molar-refractivity contribution in [1.82, 2.24) is 14.8 Å². The molecule has 1 N–H and O–H groups in total. The Morgan fingerprint density at radius 1 is 1.13 bits per heavy atom. The Labute approximate surface area is 226 Å². The second-order valence-electron chi connectivity index (χ2n) is 8.75. The highest BCUT2D eigenvalue weighted by molar-refractivity contribution is 6.30. The minimum Gasteiger partial charge on any atom is -0.478 e. The highest BCUT2D eigenvalue weighted by atomic mass is 35.5. The number of anilines is 1. The molecule has 0 aliphatic heterocycles. The minimum absolute atomic E-state index is 0.0252. The van der Waals surface area contributed by atoms with Gasteiger partial charge in [0.25, 0.3) is 5.91 Å². The van der Waals surface area contributed by atoms with Gasteiger partial charge in [0.2, 0.25) is 0 Å². The van der Waals surface area contributed by atoms with Crippen LogP contribution in [0.4, 0.5) is 18.9 Å². The van der Waals surface area contributed by atoms with Gasteiger partial charge in [-0.05, 0) is 67.9 Å². The van der Waals surface area contributed by atoms with Crippen molar-refractivity contribution in [1.29, 1.82) is 0 Å². The molecule has 202 valence electrons. The van der Waals surface area contributed by atoms with Crippen LogP contribution in [0.1, 0.15) is 45.8 Å². The molecule has 8 nitrogen and oxygen atoms in total. The number of rotatable bonds is 8. The van der Waals surface area contributed by atoms with Gasteiger partial charge in [0, 0.05) is 24.6 Å². The van der Waals surface area contributed by atoms with Crippen molar-refractivity contribution < 1.29 is 32.6 Å². The van der Waals surface area contributed by atoms with E-state index in [4.69, 9.17) is 16.3 Å². The molecule has 0 saturated heterocycles. The van der Waals surface area contributed by atoms with Gasteiger partial charge < -0.3 is 14.7 Å². The smallest absolute Gasteiger partial charge is 0.419 e. The van der Waals surface area contributed by atoms with Gasteiger partial charge in [-0.3, -0.25) is 9.48 Å². The van der Waals surface area contributed by atoms with Gasteiger partial charge in [-0.2, -0.15) is 18.3 Å². The molecule has 0 bridgehead atoms. The molecule has 12 heteroatoms. The Hall–Kier alpha value is -4.38. The van der Waals surface area contributed by atoms with E-state index in [1.807, 2.05) is 0 Å². The summed E-state index contributed by atoms with van der Waals surface area (Å²) in [6.45, 7) is 3.49. The molecular weight excluding hydrogens is 537 g/mol. The number of alkyl halides is 3. The van der Waals surface area contributed by atoms with Crippen LogP contribution in [-0.4, -0.2) is 37.8 Å². The summed E-state index contributed by atoms with van der Waals surface area (Å²) < 4.78 is 48.7. The van der Waals surface area contributed by atoms with E-state index in [2.05, 4.69) is 10.1 Å². The highest BCUT2D eigenvalue weighted by Crippen LogP contribution is 2.40. The molecule has 2 aromatic heterocycles. The third kappa shape index (κ3) is 6.37. The lowest BCUT2D eigenvalue weighted by molar-refractivity contribution is -0.138. The summed E-state index contributed by atoms with van der Waals surface area (Å²) in [6.07, 6.45) is -0.301. The van der Waals surface area contributed by atoms with E-state index in [-0.39, 0.29) is 29.2 Å². The molecule has 0 atom stereocenters. The zero-order valence-electron chi connectivity index (χ0n) is 20.7. The number of hydrogen-bond donors (Lipinski definition) is 1. The first-order chi connectivity index (χ1) is 18.4. The molecule has 39 heavy (non-hydrogen) atoms. The summed E-state index contributed by atoms with van der Waals surface area (Å²) in [5.74, 6) is -2.63. The third-order valence-corrected chi connectivity index (χ3v) is 5.84. The summed E-state index contributed by atoms with van der Waals surface area (Å²) in [5.41, 5.74) is -0.956. The lowest BCUT2D eigenvalue weighted by Crippen LogP contribution is -2.38. The maximum absolute atomic E-state index is 13.9. The quantitative estimate of drug-likeness (QED) is 0.263. The van der Waals surface area contributed by atoms with E-state index in [0.29, 0.717) is 10.6 Å². The normalized spacial score (nSPS) is 11.5. The Morgan fingerprint density at radius 2 is 1.90 bits per heavy atom. The average Bonchev–Trinajstić information content (AvgIpc) is 3.38. The standard InChI is InChI=1S/C27H22ClF3N4O4/c1-16(2)35(25(36)22-7-5-18(28)14-32-22)23-8-6-19(13-20(23)26(37)38)39-24-9-4-17(12-21(24)27(29,30)31)15-34-11-3-10-33-34/h3-14,16H,15H2,1-2H3,(H,37,38). The van der Waals surface area contributed by atoms with Crippen LogP contribution in [0.2, 0.25) is 5.02 Å². The largest absolute Gasteiger partial charge is 0.478 e. The van der Waals surface area contributed by atoms with Crippen LogP contribution in [0.3, 0.4) is 0 Å². The molecule has 2 aromatic carbocycles. The number of carboxylic acid groups (broad SMARTS) is 1. The van der Waals surface area contributed by atoms with Crippen LogP contribution >= 0.6 is 11.6 Å². The number of carbonyl (C=O) groups is 2. The number of carboxylic acids is 1. The summed E-state index contributed by atoms with van der Waals surface area (Å²) in [7, 11) is 0. The summed E-state index contributed by atoms with van der Waals surface area (Å²) >= 11 is 5.85. The molecule has 0 aliphatic rings. The molecule has 0 fully saturated rings. The van der Waals surface area contributed by atoms with Gasteiger partial charge in [0.15, 0.2) is 0 Å². The minimum atomic E-state index is -4.74. The van der Waals surface area contributed by atoms with Gasteiger partial charge >= 0.3 is 12.1 Å². The predicted octanol–water partition coefficient (Wildman–Crippen LogP) is 6.54. The van der Waals surface area contributed by atoms with Crippen LogP contribution in [0.5, 0.6) is 11.5 Å². The number of amides is 1. The average molecular weight is 559 g/mol. The van der Waals surface area contributed by atoms with Crippen molar-refractivity contribution >= 4 is 29.2 Å². The first-order valence-corrected chi connectivity index (χ1v) is 12.0. The van der Waals surface area contributed by atoms with E-state index < -0.39 is 35.4 Å². The number of ether oxygens (including phenoxy) is 1. The zero-order chi connectivity index (χ0) is 28.3. The molecule has 0 spiro atoms. The number of hydrogen-bond acceptors (Lipinski definition) is 5. The van der Waals surface area contributed by atoms with Crippen molar-refractivity contribution in [2.75, 3.05) is 4.90 Å². The molecule has 1 amide bonds. The monoisotopic (exact) mass is 558 g/mol. The first-order valence-electron chi connectivity index (χ1n) is 11.6. The zero-order valence-corrected chi connectivity index (χ0v) is 21.4. The number of aromatic nitrogens is 3. The molecule has 4 rings (SSSR count). The fourth-order valence-corrected chi connectivity index (χ4v) is 4.01. The summed E-state index contributed by atoms with van der Waals surface area (Å²) in [4.78, 5) is 30.6. The number of benzene rings is 2. The fraction of sp³-hybridized carbons (Fsp3) is 0.185. The first kappa shape index (κ1) is 27.6. The van der Waals surface area contributed by atoms with Gasteiger partial charge in [-0.15, -0.1) is 0 Å². The predicted molar refractivity (Wildman–Crippen MR) is 137 cm³/mol. The number of aromatic carboxylic acids is 1. The second kappa shape index (κ2) is 11.2. The lowest BCUT2D eigenvalue weighted by atomic mass is 10.1. The Balaban J connectivity index is 1.69. The molecule has 4 aromatic rings. The molecule has 0 saturated carbocycles. The van der Waals surface area contributed by atoms with Gasteiger partial charge in [-0.25, -0.2) is 9.78 Å². The number of pyridine rings is 1. The summed E-state index contributed by atoms with van der Waals surface area (Å²) in [5, 5.41) is 14.2. The lowest BCUT2D eigenvalue weighted by Gasteiger charge is -2.28. The Morgan fingerprint density at radius 3 is 2.49 bits per heavy atom. The Bertz CT molecular complexity index is 1490. The number of nitrogens with zero attached hydrogens (tertiary/aromatic N) is 4. The van der Waals surface area contributed by atoms with Crippen molar-refractivity contribution in [3.63, 3.8) is 0 Å². The molecule has 0 unspecified atom stereocenters. The number of halogens is 4. The van der Waals surface area contributed by atoms with E-state index in [1.54, 1.807) is 26.1 Å². The van der Waals surface area contributed by atoms with Crippen LogP contribution in [0.15, 0.2) is 73.2 Å². The highest BCUT2D eigenvalue weighted by Gasteiger charge is 2.35. The molecule has 0 radical (unpaired) electrons. The van der Waals surface area contributed by atoms with Crippen LogP contribution in [0, 0.1) is 0 Å². The third-order valence-electron chi connectivity index (χ3n) is 5.62. The van der Waals surface area contributed by atoms with E-state index in [0.717, 1.165) is 12.1 Å². The maximum atomic E-state index is 13.9. The van der Waals surface area contributed by atoms with E-state index >= 15 is 0 Å². The Kier molecular flexibility index (Phi) is 7.91. The van der Waals surface area contributed by atoms with Crippen molar-refractivity contribution in [2.45, 2.75) is 32.6 Å². The second-order valence-corrected chi connectivity index (χ2v) is 9.19. The SMILES string of the molecule is CC(C)N(C(=O)c1ccc(Cl)cn1)c1ccc(Oc2ccc(Cn3cccn3)cc2C(F)(F)F)cc1C(=O)O. The fourth-order valence-electron chi connectivity index (χ4n) is 3.90.